The molecule has 2 N–H and O–H groups in total. The third-order valence-corrected chi connectivity index (χ3v) is 1.90. The number of hydrogen-bond donors (Lipinski definition) is 2. The SMILES string of the molecule is Cc1cc(NC(=O)CCNC(C)(C)C)on1. The van der Waals surface area contributed by atoms with E-state index in [2.05, 4.69) is 36.6 Å². The molecule has 0 spiro atoms. The van der Waals surface area contributed by atoms with Crippen LogP contribution in [0.1, 0.15) is 32.9 Å². The second-order valence-electron chi connectivity index (χ2n) is 4.81. The lowest BCUT2D eigenvalue weighted by Gasteiger charge is -2.19. The number of hydrogen-bond acceptors (Lipinski definition) is 4. The maximum Gasteiger partial charge on any atom is 0.231 e. The van der Waals surface area contributed by atoms with Gasteiger partial charge in [-0.1, -0.05) is 5.16 Å². The van der Waals surface area contributed by atoms with E-state index in [0.717, 1.165) is 5.69 Å². The molecular formula is C11H19N3O2. The van der Waals surface area contributed by atoms with Crippen LogP contribution in [0.5, 0.6) is 0 Å². The average Bonchev–Trinajstić information content (AvgIpc) is 2.48. The number of rotatable bonds is 4. The van der Waals surface area contributed by atoms with Crippen LogP contribution in [0.2, 0.25) is 0 Å². The molecule has 0 bridgehead atoms. The summed E-state index contributed by atoms with van der Waals surface area (Å²) in [7, 11) is 0. The number of carbonyl (C=O) groups is 1. The minimum atomic E-state index is -0.0760. The Bertz CT molecular complexity index is 352. The molecule has 5 heteroatoms. The summed E-state index contributed by atoms with van der Waals surface area (Å²) < 4.78 is 4.88. The third-order valence-electron chi connectivity index (χ3n) is 1.90. The standard InChI is InChI=1S/C11H19N3O2/c1-8-7-10(16-14-8)13-9(15)5-6-12-11(2,3)4/h7,12H,5-6H2,1-4H3,(H,13,15). The third kappa shape index (κ3) is 4.93. The molecule has 0 aliphatic carbocycles. The minimum absolute atomic E-state index is 0.0309. The first kappa shape index (κ1) is 12.7. The zero-order valence-corrected chi connectivity index (χ0v) is 10.3. The van der Waals surface area contributed by atoms with E-state index >= 15 is 0 Å². The van der Waals surface area contributed by atoms with Crippen molar-refractivity contribution in [3.63, 3.8) is 0 Å². The molecule has 0 saturated carbocycles. The largest absolute Gasteiger partial charge is 0.338 e. The Labute approximate surface area is 95.6 Å². The summed E-state index contributed by atoms with van der Waals surface area (Å²) in [6, 6.07) is 1.69. The summed E-state index contributed by atoms with van der Waals surface area (Å²) in [5, 5.41) is 9.56. The van der Waals surface area contributed by atoms with Gasteiger partial charge in [-0.2, -0.15) is 0 Å². The van der Waals surface area contributed by atoms with Crippen molar-refractivity contribution in [1.29, 1.82) is 0 Å². The molecule has 0 unspecified atom stereocenters. The van der Waals surface area contributed by atoms with Gasteiger partial charge in [0.25, 0.3) is 0 Å². The van der Waals surface area contributed by atoms with Gasteiger partial charge in [0, 0.05) is 24.6 Å². The van der Waals surface area contributed by atoms with Crippen LogP contribution in [0.15, 0.2) is 10.6 Å². The molecule has 1 amide bonds. The van der Waals surface area contributed by atoms with Gasteiger partial charge < -0.3 is 9.84 Å². The fraction of sp³-hybridized carbons (Fsp3) is 0.636. The summed E-state index contributed by atoms with van der Waals surface area (Å²) in [5.41, 5.74) is 0.784. The topological polar surface area (TPSA) is 67.2 Å². The highest BCUT2D eigenvalue weighted by atomic mass is 16.5. The van der Waals surface area contributed by atoms with Crippen molar-refractivity contribution >= 4 is 11.8 Å². The lowest BCUT2D eigenvalue weighted by atomic mass is 10.1. The van der Waals surface area contributed by atoms with Gasteiger partial charge in [0.05, 0.1) is 5.69 Å². The van der Waals surface area contributed by atoms with Crippen LogP contribution in [-0.4, -0.2) is 23.1 Å². The number of anilines is 1. The minimum Gasteiger partial charge on any atom is -0.338 e. The van der Waals surface area contributed by atoms with Gasteiger partial charge in [0.1, 0.15) is 0 Å². The van der Waals surface area contributed by atoms with Crippen molar-refractivity contribution in [3.8, 4) is 0 Å². The molecular weight excluding hydrogens is 206 g/mol. The molecule has 90 valence electrons. The van der Waals surface area contributed by atoms with Crippen LogP contribution in [0.3, 0.4) is 0 Å². The molecule has 0 radical (unpaired) electrons. The van der Waals surface area contributed by atoms with E-state index in [9.17, 15) is 4.79 Å². The highest BCUT2D eigenvalue weighted by Gasteiger charge is 2.10. The normalized spacial score (nSPS) is 11.5. The van der Waals surface area contributed by atoms with E-state index in [0.29, 0.717) is 18.8 Å². The Hall–Kier alpha value is -1.36. The van der Waals surface area contributed by atoms with Crippen LogP contribution in [0.25, 0.3) is 0 Å². The van der Waals surface area contributed by atoms with Gasteiger partial charge >= 0.3 is 0 Å². The first-order chi connectivity index (χ1) is 7.37. The number of nitrogens with one attached hydrogen (secondary N) is 2. The Kier molecular flexibility index (Phi) is 4.06. The van der Waals surface area contributed by atoms with Gasteiger partial charge in [-0.15, -0.1) is 0 Å². The van der Waals surface area contributed by atoms with Crippen LogP contribution in [0.4, 0.5) is 5.88 Å². The zero-order chi connectivity index (χ0) is 12.2. The summed E-state index contributed by atoms with van der Waals surface area (Å²) >= 11 is 0. The van der Waals surface area contributed by atoms with E-state index in [4.69, 9.17) is 4.52 Å². The molecule has 0 fully saturated rings. The van der Waals surface area contributed by atoms with Crippen molar-refractivity contribution in [3.05, 3.63) is 11.8 Å². The molecule has 0 aliphatic heterocycles. The molecule has 1 aromatic rings. The Morgan fingerprint density at radius 2 is 2.19 bits per heavy atom. The van der Waals surface area contributed by atoms with E-state index in [1.165, 1.54) is 0 Å². The second-order valence-corrected chi connectivity index (χ2v) is 4.81. The Morgan fingerprint density at radius 1 is 1.50 bits per heavy atom. The summed E-state index contributed by atoms with van der Waals surface area (Å²) in [5.74, 6) is 0.325. The van der Waals surface area contributed by atoms with Crippen LogP contribution >= 0.6 is 0 Å². The van der Waals surface area contributed by atoms with E-state index in [-0.39, 0.29) is 11.4 Å². The quantitative estimate of drug-likeness (QED) is 0.818. The van der Waals surface area contributed by atoms with Gasteiger partial charge in [-0.25, -0.2) is 0 Å². The molecule has 16 heavy (non-hydrogen) atoms. The molecule has 1 heterocycles. The maximum absolute atomic E-state index is 11.5. The monoisotopic (exact) mass is 225 g/mol. The number of aromatic nitrogens is 1. The molecule has 0 saturated heterocycles. The van der Waals surface area contributed by atoms with Crippen molar-refractivity contribution in [2.45, 2.75) is 39.7 Å². The molecule has 1 aromatic heterocycles. The van der Waals surface area contributed by atoms with Gasteiger partial charge in [-0.05, 0) is 27.7 Å². The average molecular weight is 225 g/mol. The van der Waals surface area contributed by atoms with E-state index in [1.807, 2.05) is 0 Å². The smallest absolute Gasteiger partial charge is 0.231 e. The number of amides is 1. The van der Waals surface area contributed by atoms with Gasteiger partial charge in [-0.3, -0.25) is 10.1 Å². The van der Waals surface area contributed by atoms with Crippen LogP contribution in [0, 0.1) is 6.92 Å². The number of aryl methyl sites for hydroxylation is 1. The molecule has 5 nitrogen and oxygen atoms in total. The van der Waals surface area contributed by atoms with E-state index < -0.39 is 0 Å². The Balaban J connectivity index is 2.26. The lowest BCUT2D eigenvalue weighted by molar-refractivity contribution is -0.116. The fourth-order valence-electron chi connectivity index (χ4n) is 1.17. The highest BCUT2D eigenvalue weighted by molar-refractivity contribution is 5.89. The van der Waals surface area contributed by atoms with Crippen molar-refractivity contribution in [2.75, 3.05) is 11.9 Å². The summed E-state index contributed by atoms with van der Waals surface area (Å²) in [6.45, 7) is 8.63. The molecule has 0 aromatic carbocycles. The number of carbonyl (C=O) groups excluding carboxylic acids is 1. The van der Waals surface area contributed by atoms with Gasteiger partial charge in [0.15, 0.2) is 0 Å². The summed E-state index contributed by atoms with van der Waals surface area (Å²) in [4.78, 5) is 11.5. The van der Waals surface area contributed by atoms with Crippen LogP contribution < -0.4 is 10.6 Å². The molecule has 0 aliphatic rings. The van der Waals surface area contributed by atoms with Crippen molar-refractivity contribution in [1.82, 2.24) is 10.5 Å². The molecule has 0 atom stereocenters. The first-order valence-corrected chi connectivity index (χ1v) is 5.35. The van der Waals surface area contributed by atoms with Crippen molar-refractivity contribution in [2.24, 2.45) is 0 Å². The fourth-order valence-corrected chi connectivity index (χ4v) is 1.17. The van der Waals surface area contributed by atoms with E-state index in [1.54, 1.807) is 13.0 Å². The lowest BCUT2D eigenvalue weighted by Crippen LogP contribution is -2.37. The zero-order valence-electron chi connectivity index (χ0n) is 10.3. The van der Waals surface area contributed by atoms with Gasteiger partial charge in [0.2, 0.25) is 11.8 Å². The Morgan fingerprint density at radius 3 is 2.69 bits per heavy atom. The predicted octanol–water partition coefficient (Wildman–Crippen LogP) is 1.70. The highest BCUT2D eigenvalue weighted by Crippen LogP contribution is 2.08. The van der Waals surface area contributed by atoms with Crippen molar-refractivity contribution < 1.29 is 9.32 Å². The summed E-state index contributed by atoms with van der Waals surface area (Å²) in [6.07, 6.45) is 0.414. The predicted molar refractivity (Wildman–Crippen MR) is 62.2 cm³/mol. The maximum atomic E-state index is 11.5. The molecule has 1 rings (SSSR count). The first-order valence-electron chi connectivity index (χ1n) is 5.35. The second kappa shape index (κ2) is 5.12. The number of nitrogens with zero attached hydrogens (tertiary/aromatic N) is 1. The van der Waals surface area contributed by atoms with Crippen LogP contribution in [-0.2, 0) is 4.79 Å².